The van der Waals surface area contributed by atoms with Crippen molar-refractivity contribution in [2.24, 2.45) is 5.92 Å². The third-order valence-corrected chi connectivity index (χ3v) is 6.05. The molecule has 11 heteroatoms. The van der Waals surface area contributed by atoms with Crippen LogP contribution in [-0.4, -0.2) is 35.1 Å². The van der Waals surface area contributed by atoms with Gasteiger partial charge in [0.15, 0.2) is 0 Å². The van der Waals surface area contributed by atoms with Crippen molar-refractivity contribution in [3.63, 3.8) is 0 Å². The molecule has 1 amide bonds. The van der Waals surface area contributed by atoms with E-state index in [-0.39, 0.29) is 16.8 Å². The lowest BCUT2D eigenvalue weighted by Crippen LogP contribution is -2.29. The van der Waals surface area contributed by atoms with E-state index in [0.717, 1.165) is 12.1 Å². The Morgan fingerprint density at radius 3 is 2.49 bits per heavy atom. The first-order valence-corrected chi connectivity index (χ1v) is 11.5. The van der Waals surface area contributed by atoms with Gasteiger partial charge in [-0.2, -0.15) is 5.10 Å². The van der Waals surface area contributed by atoms with Crippen LogP contribution in [0.4, 0.5) is 23.2 Å². The summed E-state index contributed by atoms with van der Waals surface area (Å²) in [6.07, 6.45) is -0.887. The number of ether oxygens (including phenoxy) is 2. The molecule has 1 aliphatic rings. The summed E-state index contributed by atoms with van der Waals surface area (Å²) in [6.45, 7) is 4.81. The molecule has 1 saturated carbocycles. The number of methoxy groups -OCH3 is 1. The number of benzene rings is 2. The average molecular weight is 519 g/mol. The van der Waals surface area contributed by atoms with Gasteiger partial charge in [0.25, 0.3) is 0 Å². The zero-order chi connectivity index (χ0) is 27.0. The van der Waals surface area contributed by atoms with Crippen molar-refractivity contribution >= 4 is 17.6 Å². The molecule has 0 unspecified atom stereocenters. The highest BCUT2D eigenvalue weighted by molar-refractivity contribution is 6.04. The van der Waals surface area contributed by atoms with E-state index in [4.69, 9.17) is 4.74 Å². The Bertz CT molecular complexity index is 1330. The summed E-state index contributed by atoms with van der Waals surface area (Å²) in [6, 6.07) is 7.43. The van der Waals surface area contributed by atoms with Crippen molar-refractivity contribution in [2.45, 2.75) is 45.0 Å². The lowest BCUT2D eigenvalue weighted by molar-refractivity contribution is -0.274. The number of carbonyl (C=O) groups excluding carboxylic acids is 2. The molecule has 1 aliphatic carbocycles. The van der Waals surface area contributed by atoms with E-state index in [1.807, 2.05) is 6.20 Å². The highest BCUT2D eigenvalue weighted by atomic mass is 19.4. The highest BCUT2D eigenvalue weighted by Crippen LogP contribution is 2.50. The number of alkyl halides is 3. The number of esters is 1. The molecule has 4 rings (SSSR count). The number of hydrogen-bond donors (Lipinski definition) is 1. The molecule has 0 bridgehead atoms. The number of rotatable bonds is 8. The van der Waals surface area contributed by atoms with Crippen molar-refractivity contribution in [3.05, 3.63) is 65.7 Å². The number of nitrogens with one attached hydrogen (secondary N) is 1. The number of aromatic nitrogens is 2. The Hall–Kier alpha value is -3.89. The second-order valence-electron chi connectivity index (χ2n) is 9.32. The van der Waals surface area contributed by atoms with Crippen LogP contribution < -0.4 is 10.1 Å². The molecule has 37 heavy (non-hydrogen) atoms. The molecule has 0 aliphatic heterocycles. The van der Waals surface area contributed by atoms with Crippen LogP contribution in [0.3, 0.4) is 0 Å². The van der Waals surface area contributed by atoms with Crippen LogP contribution in [0.15, 0.2) is 48.8 Å². The predicted octanol–water partition coefficient (Wildman–Crippen LogP) is 5.70. The monoisotopic (exact) mass is 519 g/mol. The molecule has 1 N–H and O–H groups in total. The number of amides is 1. The molecule has 0 spiro atoms. The maximum atomic E-state index is 14.7. The minimum absolute atomic E-state index is 0.0260. The van der Waals surface area contributed by atoms with Crippen LogP contribution in [0.1, 0.15) is 42.6 Å². The van der Waals surface area contributed by atoms with E-state index >= 15 is 0 Å². The van der Waals surface area contributed by atoms with Gasteiger partial charge in [0.05, 0.1) is 24.3 Å². The van der Waals surface area contributed by atoms with Gasteiger partial charge in [0.2, 0.25) is 5.91 Å². The molecule has 0 saturated heterocycles. The zero-order valence-corrected chi connectivity index (χ0v) is 20.4. The quantitative estimate of drug-likeness (QED) is 0.305. The fraction of sp³-hybridized carbons (Fsp3) is 0.346. The summed E-state index contributed by atoms with van der Waals surface area (Å²) in [5, 5.41) is 7.03. The standard InChI is InChI=1S/C26H25F4N3O4/c1-15(2)13-33-14-16(12-31-33)19-6-4-17(10-20(19)23(34)36-3)32-24(35)25(8-9-25)21-7-5-18(11-22(21)27)37-26(28,29)30/h4-7,10-12,14-15H,8-9,13H2,1-3H3,(H,32,35). The van der Waals surface area contributed by atoms with Gasteiger partial charge in [0, 0.05) is 35.6 Å². The Labute approximate surface area is 210 Å². The largest absolute Gasteiger partial charge is 0.573 e. The first-order chi connectivity index (χ1) is 17.4. The van der Waals surface area contributed by atoms with Crippen LogP contribution >= 0.6 is 0 Å². The van der Waals surface area contributed by atoms with Gasteiger partial charge in [-0.15, -0.1) is 13.2 Å². The Morgan fingerprint density at radius 1 is 1.16 bits per heavy atom. The van der Waals surface area contributed by atoms with Crippen molar-refractivity contribution < 1.29 is 36.6 Å². The van der Waals surface area contributed by atoms with Gasteiger partial charge in [-0.3, -0.25) is 9.48 Å². The SMILES string of the molecule is COC(=O)c1cc(NC(=O)C2(c3ccc(OC(F)(F)F)cc3F)CC2)ccc1-c1cnn(CC(C)C)c1. The maximum Gasteiger partial charge on any atom is 0.573 e. The molecule has 196 valence electrons. The minimum Gasteiger partial charge on any atom is -0.465 e. The molecule has 0 atom stereocenters. The third-order valence-electron chi connectivity index (χ3n) is 6.05. The molecule has 7 nitrogen and oxygen atoms in total. The molecular formula is C26H25F4N3O4. The van der Waals surface area contributed by atoms with Gasteiger partial charge in [-0.1, -0.05) is 26.0 Å². The van der Waals surface area contributed by atoms with Crippen LogP contribution in [-0.2, 0) is 21.5 Å². The highest BCUT2D eigenvalue weighted by Gasteiger charge is 2.53. The first-order valence-electron chi connectivity index (χ1n) is 11.5. The second kappa shape index (κ2) is 9.87. The van der Waals surface area contributed by atoms with Crippen molar-refractivity contribution in [3.8, 4) is 16.9 Å². The van der Waals surface area contributed by atoms with Gasteiger partial charge < -0.3 is 14.8 Å². The lowest BCUT2D eigenvalue weighted by atomic mass is 9.94. The van der Waals surface area contributed by atoms with E-state index in [0.29, 0.717) is 42.5 Å². The zero-order valence-electron chi connectivity index (χ0n) is 20.4. The summed E-state index contributed by atoms with van der Waals surface area (Å²) < 4.78 is 62.5. The van der Waals surface area contributed by atoms with E-state index in [2.05, 4.69) is 29.0 Å². The van der Waals surface area contributed by atoms with E-state index in [1.165, 1.54) is 13.2 Å². The van der Waals surface area contributed by atoms with Gasteiger partial charge in [-0.05, 0) is 42.5 Å². The second-order valence-corrected chi connectivity index (χ2v) is 9.32. The van der Waals surface area contributed by atoms with Gasteiger partial charge in [-0.25, -0.2) is 9.18 Å². The summed E-state index contributed by atoms with van der Waals surface area (Å²) >= 11 is 0. The van der Waals surface area contributed by atoms with E-state index < -0.39 is 35.2 Å². The number of halogens is 4. The van der Waals surface area contributed by atoms with Crippen LogP contribution in [0.5, 0.6) is 5.75 Å². The Morgan fingerprint density at radius 2 is 1.89 bits per heavy atom. The van der Waals surface area contributed by atoms with Gasteiger partial charge in [0.1, 0.15) is 11.6 Å². The molecule has 0 radical (unpaired) electrons. The first kappa shape index (κ1) is 26.2. The van der Waals surface area contributed by atoms with Crippen molar-refractivity contribution in [1.29, 1.82) is 0 Å². The summed E-state index contributed by atoms with van der Waals surface area (Å²) in [5.41, 5.74) is 0.486. The summed E-state index contributed by atoms with van der Waals surface area (Å²) in [7, 11) is 1.24. The fourth-order valence-electron chi connectivity index (χ4n) is 4.20. The lowest BCUT2D eigenvalue weighted by Gasteiger charge is -2.18. The normalized spacial score (nSPS) is 14.4. The number of hydrogen-bond acceptors (Lipinski definition) is 5. The number of nitrogens with zero attached hydrogens (tertiary/aromatic N) is 2. The smallest absolute Gasteiger partial charge is 0.465 e. The Balaban J connectivity index is 1.58. The Kier molecular flexibility index (Phi) is 6.98. The van der Waals surface area contributed by atoms with Crippen LogP contribution in [0.25, 0.3) is 11.1 Å². The molecule has 2 aromatic carbocycles. The van der Waals surface area contributed by atoms with Crippen molar-refractivity contribution in [2.75, 3.05) is 12.4 Å². The molecule has 1 fully saturated rings. The predicted molar refractivity (Wildman–Crippen MR) is 126 cm³/mol. The number of anilines is 1. The topological polar surface area (TPSA) is 82.4 Å². The minimum atomic E-state index is -4.96. The summed E-state index contributed by atoms with van der Waals surface area (Å²) in [5.74, 6) is -2.46. The van der Waals surface area contributed by atoms with Crippen LogP contribution in [0.2, 0.25) is 0 Å². The summed E-state index contributed by atoms with van der Waals surface area (Å²) in [4.78, 5) is 25.7. The molecule has 3 aromatic rings. The molecule has 1 heterocycles. The fourth-order valence-corrected chi connectivity index (χ4v) is 4.20. The maximum absolute atomic E-state index is 14.7. The van der Waals surface area contributed by atoms with E-state index in [9.17, 15) is 27.2 Å². The van der Waals surface area contributed by atoms with E-state index in [1.54, 1.807) is 23.0 Å². The molecular weight excluding hydrogens is 494 g/mol. The number of carbonyl (C=O) groups is 2. The van der Waals surface area contributed by atoms with Gasteiger partial charge >= 0.3 is 12.3 Å². The average Bonchev–Trinajstić information content (AvgIpc) is 3.49. The van der Waals surface area contributed by atoms with Crippen LogP contribution in [0, 0.1) is 11.7 Å². The third kappa shape index (κ3) is 5.76. The van der Waals surface area contributed by atoms with Crippen molar-refractivity contribution in [1.82, 2.24) is 9.78 Å². The molecule has 1 aromatic heterocycles.